The van der Waals surface area contributed by atoms with E-state index >= 15 is 0 Å². The van der Waals surface area contributed by atoms with E-state index in [2.05, 4.69) is 15.2 Å². The van der Waals surface area contributed by atoms with Crippen molar-refractivity contribution in [3.05, 3.63) is 23.8 Å². The molecule has 1 aromatic carbocycles. The van der Waals surface area contributed by atoms with E-state index in [-0.39, 0.29) is 36.0 Å². The van der Waals surface area contributed by atoms with Crippen LogP contribution in [0, 0.1) is 0 Å². The van der Waals surface area contributed by atoms with Crippen molar-refractivity contribution in [2.75, 3.05) is 60.6 Å². The number of nitrogens with zero attached hydrogens (tertiary/aromatic N) is 3. The van der Waals surface area contributed by atoms with Gasteiger partial charge in [0.15, 0.2) is 17.5 Å². The van der Waals surface area contributed by atoms with Crippen LogP contribution in [0.2, 0.25) is 0 Å². The molecule has 0 aliphatic carbocycles. The smallest absolute Gasteiger partial charge is 0.251 e. The second-order valence-electron chi connectivity index (χ2n) is 7.23. The van der Waals surface area contributed by atoms with Gasteiger partial charge in [0.2, 0.25) is 0 Å². The van der Waals surface area contributed by atoms with Crippen LogP contribution in [-0.4, -0.2) is 88.4 Å². The molecule has 3 rings (SSSR count). The number of carbonyl (C=O) groups excluding carboxylic acids is 1. The van der Waals surface area contributed by atoms with Crippen LogP contribution in [0.15, 0.2) is 23.2 Å². The minimum atomic E-state index is -0.236. The van der Waals surface area contributed by atoms with Gasteiger partial charge in [-0.3, -0.25) is 9.79 Å². The number of benzene rings is 1. The zero-order valence-electron chi connectivity index (χ0n) is 18.1. The third kappa shape index (κ3) is 6.13. The van der Waals surface area contributed by atoms with Gasteiger partial charge in [-0.05, 0) is 37.0 Å². The highest BCUT2D eigenvalue weighted by Crippen LogP contribution is 2.27. The minimum Gasteiger partial charge on any atom is -0.493 e. The molecule has 1 unspecified atom stereocenters. The highest BCUT2D eigenvalue weighted by Gasteiger charge is 2.30. The van der Waals surface area contributed by atoms with Gasteiger partial charge < -0.3 is 29.3 Å². The summed E-state index contributed by atoms with van der Waals surface area (Å²) in [6, 6.07) is 5.97. The molecule has 0 bridgehead atoms. The van der Waals surface area contributed by atoms with Crippen molar-refractivity contribution in [3.8, 4) is 11.5 Å². The normalized spacial score (nSPS) is 19.3. The molecule has 9 heteroatoms. The van der Waals surface area contributed by atoms with Crippen LogP contribution in [0.25, 0.3) is 0 Å². The molecule has 1 amide bonds. The monoisotopic (exact) mass is 532 g/mol. The van der Waals surface area contributed by atoms with Gasteiger partial charge in [0.25, 0.3) is 5.91 Å². The number of ether oxygens (including phenoxy) is 3. The molecule has 2 heterocycles. The first kappa shape index (κ1) is 24.5. The summed E-state index contributed by atoms with van der Waals surface area (Å²) in [5.41, 5.74) is 1.16. The lowest BCUT2D eigenvalue weighted by Crippen LogP contribution is -2.55. The molecule has 1 aromatic rings. The average Bonchev–Trinajstić information content (AvgIpc) is 3.31. The number of nitrogens with one attached hydrogen (secondary N) is 1. The number of aliphatic imine (C=N–C) groups is 1. The molecule has 1 N–H and O–H groups in total. The van der Waals surface area contributed by atoms with Crippen molar-refractivity contribution in [2.24, 2.45) is 4.99 Å². The van der Waals surface area contributed by atoms with E-state index in [9.17, 15) is 4.79 Å². The van der Waals surface area contributed by atoms with Gasteiger partial charge in [0, 0.05) is 46.4 Å². The molecule has 0 radical (unpaired) electrons. The molecular formula is C21H33IN4O4. The maximum absolute atomic E-state index is 12.5. The van der Waals surface area contributed by atoms with E-state index in [0.717, 1.165) is 61.9 Å². The highest BCUT2D eigenvalue weighted by molar-refractivity contribution is 14.0. The molecule has 2 aliphatic rings. The van der Waals surface area contributed by atoms with Crippen molar-refractivity contribution < 1.29 is 19.0 Å². The summed E-state index contributed by atoms with van der Waals surface area (Å²) in [6.07, 6.45) is 2.43. The Balaban J connectivity index is 0.00000320. The number of amides is 1. The predicted octanol–water partition coefficient (Wildman–Crippen LogP) is 1.76. The number of guanidine groups is 1. The molecule has 2 saturated heterocycles. The highest BCUT2D eigenvalue weighted by atomic mass is 127. The van der Waals surface area contributed by atoms with Crippen molar-refractivity contribution in [2.45, 2.75) is 25.4 Å². The fourth-order valence-electron chi connectivity index (χ4n) is 3.80. The molecule has 1 atom stereocenters. The average molecular weight is 532 g/mol. The Morgan fingerprint density at radius 2 is 1.87 bits per heavy atom. The molecule has 0 saturated carbocycles. The standard InChI is InChI=1S/C21H32N4O4.HI/c1-22-21(23-9-8-16-6-7-17(27-2)19(15-16)28-3)25-12-10-24(11-13-25)20(26)18-5-4-14-29-18;/h6-7,15,18H,4-5,8-14H2,1-3H3,(H,22,23);1H. The third-order valence-electron chi connectivity index (χ3n) is 5.45. The van der Waals surface area contributed by atoms with E-state index in [0.29, 0.717) is 19.7 Å². The van der Waals surface area contributed by atoms with Crippen LogP contribution in [-0.2, 0) is 16.0 Å². The molecule has 0 aromatic heterocycles. The van der Waals surface area contributed by atoms with E-state index in [1.54, 1.807) is 21.3 Å². The zero-order valence-corrected chi connectivity index (χ0v) is 20.4. The molecule has 8 nitrogen and oxygen atoms in total. The SMILES string of the molecule is CN=C(NCCc1ccc(OC)c(OC)c1)N1CCN(C(=O)C2CCCO2)CC1.I. The lowest BCUT2D eigenvalue weighted by Gasteiger charge is -2.37. The van der Waals surface area contributed by atoms with Crippen LogP contribution in [0.3, 0.4) is 0 Å². The van der Waals surface area contributed by atoms with Crippen LogP contribution in [0.5, 0.6) is 11.5 Å². The number of rotatable bonds is 6. The van der Waals surface area contributed by atoms with E-state index < -0.39 is 0 Å². The maximum Gasteiger partial charge on any atom is 0.251 e. The van der Waals surface area contributed by atoms with E-state index in [4.69, 9.17) is 14.2 Å². The first-order chi connectivity index (χ1) is 14.2. The van der Waals surface area contributed by atoms with Crippen molar-refractivity contribution in [1.82, 2.24) is 15.1 Å². The van der Waals surface area contributed by atoms with Gasteiger partial charge in [-0.15, -0.1) is 24.0 Å². The first-order valence-electron chi connectivity index (χ1n) is 10.2. The van der Waals surface area contributed by atoms with Crippen LogP contribution in [0.4, 0.5) is 0 Å². The number of hydrogen-bond donors (Lipinski definition) is 1. The number of halogens is 1. The number of carbonyl (C=O) groups is 1. The second-order valence-corrected chi connectivity index (χ2v) is 7.23. The third-order valence-corrected chi connectivity index (χ3v) is 5.45. The zero-order chi connectivity index (χ0) is 20.6. The van der Waals surface area contributed by atoms with E-state index in [1.165, 1.54) is 0 Å². The number of piperazine rings is 1. The summed E-state index contributed by atoms with van der Waals surface area (Å²) in [4.78, 5) is 21.0. The Bertz CT molecular complexity index is 717. The Morgan fingerprint density at radius 1 is 1.17 bits per heavy atom. The van der Waals surface area contributed by atoms with Crippen molar-refractivity contribution >= 4 is 35.8 Å². The second kappa shape index (κ2) is 12.2. The Hall–Kier alpha value is -1.75. The van der Waals surface area contributed by atoms with Gasteiger partial charge in [0.1, 0.15) is 6.10 Å². The summed E-state index contributed by atoms with van der Waals surface area (Å²) in [6.45, 7) is 4.41. The van der Waals surface area contributed by atoms with E-state index in [1.807, 2.05) is 23.1 Å². The minimum absolute atomic E-state index is 0. The Morgan fingerprint density at radius 3 is 2.47 bits per heavy atom. The van der Waals surface area contributed by atoms with Crippen molar-refractivity contribution in [1.29, 1.82) is 0 Å². The van der Waals surface area contributed by atoms with Gasteiger partial charge in [-0.1, -0.05) is 6.07 Å². The van der Waals surface area contributed by atoms with Gasteiger partial charge in [0.05, 0.1) is 14.2 Å². The maximum atomic E-state index is 12.5. The predicted molar refractivity (Wildman–Crippen MR) is 127 cm³/mol. The Kier molecular flexibility index (Phi) is 9.96. The molecule has 2 aliphatic heterocycles. The van der Waals surface area contributed by atoms with Crippen LogP contribution < -0.4 is 14.8 Å². The summed E-state index contributed by atoms with van der Waals surface area (Å²) < 4.78 is 16.2. The summed E-state index contributed by atoms with van der Waals surface area (Å²) in [5.74, 6) is 2.48. The van der Waals surface area contributed by atoms with Crippen molar-refractivity contribution in [3.63, 3.8) is 0 Å². The van der Waals surface area contributed by atoms with Gasteiger partial charge in [-0.25, -0.2) is 0 Å². The molecule has 30 heavy (non-hydrogen) atoms. The number of hydrogen-bond acceptors (Lipinski definition) is 5. The summed E-state index contributed by atoms with van der Waals surface area (Å²) >= 11 is 0. The summed E-state index contributed by atoms with van der Waals surface area (Å²) in [7, 11) is 5.07. The Labute approximate surface area is 196 Å². The first-order valence-corrected chi connectivity index (χ1v) is 10.2. The number of methoxy groups -OCH3 is 2. The molecule has 2 fully saturated rings. The largest absolute Gasteiger partial charge is 0.493 e. The molecular weight excluding hydrogens is 499 g/mol. The molecule has 0 spiro atoms. The lowest BCUT2D eigenvalue weighted by molar-refractivity contribution is -0.142. The van der Waals surface area contributed by atoms with Crippen LogP contribution in [0.1, 0.15) is 18.4 Å². The van der Waals surface area contributed by atoms with Gasteiger partial charge >= 0.3 is 0 Å². The fourth-order valence-corrected chi connectivity index (χ4v) is 3.80. The summed E-state index contributed by atoms with van der Waals surface area (Å²) in [5, 5.41) is 3.43. The van der Waals surface area contributed by atoms with Gasteiger partial charge in [-0.2, -0.15) is 0 Å². The topological polar surface area (TPSA) is 75.6 Å². The molecule has 168 valence electrons. The fraction of sp³-hybridized carbons (Fsp3) is 0.619. The van der Waals surface area contributed by atoms with Crippen LogP contribution >= 0.6 is 24.0 Å². The lowest BCUT2D eigenvalue weighted by atomic mass is 10.1. The quantitative estimate of drug-likeness (QED) is 0.342.